The number of nitrogens with one attached hydrogen (secondary N) is 2. The SMILES string of the molecule is CC1CC2(CCC2)CN1C(=O)Nc1ccc2c(c1)CCCN2. The van der Waals surface area contributed by atoms with Gasteiger partial charge in [0.05, 0.1) is 0 Å². The lowest BCUT2D eigenvalue weighted by molar-refractivity contribution is 0.144. The number of carbonyl (C=O) groups is 1. The highest BCUT2D eigenvalue weighted by Crippen LogP contribution is 2.50. The van der Waals surface area contributed by atoms with Gasteiger partial charge in [-0.05, 0) is 68.2 Å². The molecule has 4 rings (SSSR count). The number of likely N-dealkylation sites (tertiary alicyclic amines) is 1. The number of nitrogens with zero attached hydrogens (tertiary/aromatic N) is 1. The van der Waals surface area contributed by atoms with Crippen molar-refractivity contribution in [2.75, 3.05) is 23.7 Å². The van der Waals surface area contributed by atoms with Gasteiger partial charge in [0.25, 0.3) is 0 Å². The summed E-state index contributed by atoms with van der Waals surface area (Å²) in [6, 6.07) is 6.65. The highest BCUT2D eigenvalue weighted by molar-refractivity contribution is 5.90. The average molecular weight is 299 g/mol. The Labute approximate surface area is 132 Å². The second-order valence-corrected chi connectivity index (χ2v) is 7.37. The van der Waals surface area contributed by atoms with Crippen LogP contribution in [0.25, 0.3) is 0 Å². The molecule has 1 spiro atoms. The third-order valence-electron chi connectivity index (χ3n) is 5.74. The molecule has 2 fully saturated rings. The summed E-state index contributed by atoms with van der Waals surface area (Å²) in [5, 5.41) is 6.52. The number of amides is 2. The van der Waals surface area contributed by atoms with Crippen molar-refractivity contribution in [2.45, 2.75) is 51.5 Å². The van der Waals surface area contributed by atoms with E-state index in [4.69, 9.17) is 0 Å². The molecule has 1 saturated carbocycles. The predicted octanol–water partition coefficient (Wildman–Crippen LogP) is 3.84. The summed E-state index contributed by atoms with van der Waals surface area (Å²) < 4.78 is 0. The zero-order chi connectivity index (χ0) is 15.2. The minimum Gasteiger partial charge on any atom is -0.385 e. The number of anilines is 2. The number of urea groups is 1. The molecular formula is C18H25N3O. The van der Waals surface area contributed by atoms with Crippen LogP contribution in [0, 0.1) is 5.41 Å². The molecule has 3 aliphatic rings. The van der Waals surface area contributed by atoms with Crippen molar-refractivity contribution >= 4 is 17.4 Å². The first-order chi connectivity index (χ1) is 10.7. The summed E-state index contributed by atoms with van der Waals surface area (Å²) in [7, 11) is 0. The fourth-order valence-electron chi connectivity index (χ4n) is 4.38. The molecule has 1 saturated heterocycles. The van der Waals surface area contributed by atoms with Gasteiger partial charge in [0, 0.05) is 30.5 Å². The summed E-state index contributed by atoms with van der Waals surface area (Å²) in [6.07, 6.45) is 7.36. The van der Waals surface area contributed by atoms with E-state index in [0.29, 0.717) is 11.5 Å². The Morgan fingerprint density at radius 3 is 2.95 bits per heavy atom. The number of carbonyl (C=O) groups excluding carboxylic acids is 1. The Balaban J connectivity index is 1.45. The van der Waals surface area contributed by atoms with Crippen LogP contribution in [-0.2, 0) is 6.42 Å². The van der Waals surface area contributed by atoms with Gasteiger partial charge in [0.1, 0.15) is 0 Å². The molecule has 4 nitrogen and oxygen atoms in total. The van der Waals surface area contributed by atoms with Gasteiger partial charge in [0.15, 0.2) is 0 Å². The van der Waals surface area contributed by atoms with E-state index in [0.717, 1.165) is 31.6 Å². The maximum absolute atomic E-state index is 12.6. The van der Waals surface area contributed by atoms with Gasteiger partial charge >= 0.3 is 6.03 Å². The molecular weight excluding hydrogens is 274 g/mol. The molecule has 4 heteroatoms. The average Bonchev–Trinajstić information content (AvgIpc) is 2.85. The van der Waals surface area contributed by atoms with Gasteiger partial charge in [-0.3, -0.25) is 0 Å². The van der Waals surface area contributed by atoms with E-state index < -0.39 is 0 Å². The summed E-state index contributed by atoms with van der Waals surface area (Å²) in [5.74, 6) is 0. The lowest BCUT2D eigenvalue weighted by Gasteiger charge is -2.37. The van der Waals surface area contributed by atoms with Crippen molar-refractivity contribution in [3.63, 3.8) is 0 Å². The Kier molecular flexibility index (Phi) is 3.28. The number of hydrogen-bond acceptors (Lipinski definition) is 2. The van der Waals surface area contributed by atoms with Gasteiger partial charge in [-0.25, -0.2) is 4.79 Å². The molecule has 1 aromatic carbocycles. The quantitative estimate of drug-likeness (QED) is 0.827. The number of fused-ring (bicyclic) bond motifs is 1. The smallest absolute Gasteiger partial charge is 0.322 e. The molecule has 1 aromatic rings. The predicted molar refractivity (Wildman–Crippen MR) is 89.3 cm³/mol. The van der Waals surface area contributed by atoms with Crippen molar-refractivity contribution in [1.82, 2.24) is 4.90 Å². The van der Waals surface area contributed by atoms with Gasteiger partial charge < -0.3 is 15.5 Å². The van der Waals surface area contributed by atoms with Crippen LogP contribution in [0.1, 0.15) is 44.6 Å². The molecule has 22 heavy (non-hydrogen) atoms. The van der Waals surface area contributed by atoms with Gasteiger partial charge in [-0.2, -0.15) is 0 Å². The monoisotopic (exact) mass is 299 g/mol. The van der Waals surface area contributed by atoms with E-state index >= 15 is 0 Å². The fourth-order valence-corrected chi connectivity index (χ4v) is 4.38. The van der Waals surface area contributed by atoms with Crippen molar-refractivity contribution in [3.05, 3.63) is 23.8 Å². The van der Waals surface area contributed by atoms with Gasteiger partial charge in [-0.15, -0.1) is 0 Å². The van der Waals surface area contributed by atoms with Crippen LogP contribution < -0.4 is 10.6 Å². The van der Waals surface area contributed by atoms with Crippen LogP contribution in [0.15, 0.2) is 18.2 Å². The Hall–Kier alpha value is -1.71. The van der Waals surface area contributed by atoms with Crippen molar-refractivity contribution in [3.8, 4) is 0 Å². The van der Waals surface area contributed by atoms with Crippen molar-refractivity contribution < 1.29 is 4.79 Å². The molecule has 2 heterocycles. The molecule has 1 aliphatic carbocycles. The standard InChI is InChI=1S/C18H25N3O/c1-13-11-18(7-3-8-18)12-21(13)17(22)20-15-5-6-16-14(10-15)4-2-9-19-16/h5-6,10,13,19H,2-4,7-9,11-12H2,1H3,(H,20,22). The van der Waals surface area contributed by atoms with E-state index in [2.05, 4.69) is 29.7 Å². The Morgan fingerprint density at radius 1 is 1.36 bits per heavy atom. The number of hydrogen-bond donors (Lipinski definition) is 2. The minimum atomic E-state index is 0.0694. The number of benzene rings is 1. The zero-order valence-electron chi connectivity index (χ0n) is 13.3. The van der Waals surface area contributed by atoms with E-state index in [1.54, 1.807) is 0 Å². The summed E-state index contributed by atoms with van der Waals surface area (Å²) >= 11 is 0. The van der Waals surface area contributed by atoms with Crippen LogP contribution >= 0.6 is 0 Å². The largest absolute Gasteiger partial charge is 0.385 e. The topological polar surface area (TPSA) is 44.4 Å². The highest BCUT2D eigenvalue weighted by Gasteiger charge is 2.47. The molecule has 0 bridgehead atoms. The minimum absolute atomic E-state index is 0.0694. The number of rotatable bonds is 1. The maximum atomic E-state index is 12.6. The highest BCUT2D eigenvalue weighted by atomic mass is 16.2. The lowest BCUT2D eigenvalue weighted by atomic mass is 9.68. The van der Waals surface area contributed by atoms with E-state index in [-0.39, 0.29) is 6.03 Å². The Morgan fingerprint density at radius 2 is 2.23 bits per heavy atom. The molecule has 118 valence electrons. The molecule has 2 aliphatic heterocycles. The van der Waals surface area contributed by atoms with E-state index in [9.17, 15) is 4.79 Å². The van der Waals surface area contributed by atoms with Crippen molar-refractivity contribution in [2.24, 2.45) is 5.41 Å². The zero-order valence-corrected chi connectivity index (χ0v) is 13.3. The third kappa shape index (κ3) is 2.34. The second-order valence-electron chi connectivity index (χ2n) is 7.37. The summed E-state index contributed by atoms with van der Waals surface area (Å²) in [5.41, 5.74) is 3.90. The maximum Gasteiger partial charge on any atom is 0.322 e. The molecule has 1 atom stereocenters. The van der Waals surface area contributed by atoms with Crippen LogP contribution in [0.2, 0.25) is 0 Å². The second kappa shape index (κ2) is 5.18. The summed E-state index contributed by atoms with van der Waals surface area (Å²) in [6.45, 7) is 4.17. The van der Waals surface area contributed by atoms with E-state index in [1.165, 1.54) is 36.9 Å². The number of aryl methyl sites for hydroxylation is 1. The first kappa shape index (κ1) is 13.9. The van der Waals surface area contributed by atoms with Gasteiger partial charge in [0.2, 0.25) is 0 Å². The third-order valence-corrected chi connectivity index (χ3v) is 5.74. The fraction of sp³-hybridized carbons (Fsp3) is 0.611. The summed E-state index contributed by atoms with van der Waals surface area (Å²) in [4.78, 5) is 14.7. The Bertz CT molecular complexity index is 594. The van der Waals surface area contributed by atoms with Gasteiger partial charge in [-0.1, -0.05) is 6.42 Å². The van der Waals surface area contributed by atoms with Crippen LogP contribution in [0.4, 0.5) is 16.2 Å². The first-order valence-electron chi connectivity index (χ1n) is 8.60. The lowest BCUT2D eigenvalue weighted by Crippen LogP contribution is -2.39. The molecule has 2 N–H and O–H groups in total. The normalized spacial score (nSPS) is 25.3. The van der Waals surface area contributed by atoms with Crippen LogP contribution in [0.5, 0.6) is 0 Å². The van der Waals surface area contributed by atoms with Crippen molar-refractivity contribution in [1.29, 1.82) is 0 Å². The molecule has 0 radical (unpaired) electrons. The molecule has 0 aromatic heterocycles. The first-order valence-corrected chi connectivity index (χ1v) is 8.60. The van der Waals surface area contributed by atoms with E-state index in [1.807, 2.05) is 11.0 Å². The molecule has 2 amide bonds. The molecule has 1 unspecified atom stereocenters. The van der Waals surface area contributed by atoms with Crippen LogP contribution in [-0.4, -0.2) is 30.1 Å². The van der Waals surface area contributed by atoms with Crippen LogP contribution in [0.3, 0.4) is 0 Å².